The van der Waals surface area contributed by atoms with Crippen LogP contribution >= 0.6 is 0 Å². The van der Waals surface area contributed by atoms with Gasteiger partial charge in [0.2, 0.25) is 0 Å². The summed E-state index contributed by atoms with van der Waals surface area (Å²) >= 11 is 0. The third kappa shape index (κ3) is 2.10. The van der Waals surface area contributed by atoms with E-state index in [0.29, 0.717) is 24.3 Å². The van der Waals surface area contributed by atoms with Crippen LogP contribution in [0, 0.1) is 10.1 Å². The monoisotopic (exact) mass is 278 g/mol. The van der Waals surface area contributed by atoms with Crippen LogP contribution in [-0.2, 0) is 0 Å². The summed E-state index contributed by atoms with van der Waals surface area (Å²) in [5.41, 5.74) is 0.729. The number of nitrogens with zero attached hydrogens (tertiary/aromatic N) is 2. The molecule has 2 bridgehead atoms. The Kier molecular flexibility index (Phi) is 3.25. The van der Waals surface area contributed by atoms with Crippen molar-refractivity contribution in [3.05, 3.63) is 28.3 Å². The molecule has 20 heavy (non-hydrogen) atoms. The van der Waals surface area contributed by atoms with Gasteiger partial charge in [-0.2, -0.15) is 0 Å². The standard InChI is InChI=1S/C14H18N2O4/c1-20-12-4-5-13(14(8-12)16(18)19)15-9-2-3-10(15)7-11(17)6-9/h4-5,8-11,17H,2-3,6-7H2,1H3. The van der Waals surface area contributed by atoms with Crippen molar-refractivity contribution >= 4 is 11.4 Å². The maximum Gasteiger partial charge on any atom is 0.296 e. The Hall–Kier alpha value is -1.82. The summed E-state index contributed by atoms with van der Waals surface area (Å²) in [6.45, 7) is 0. The lowest BCUT2D eigenvalue weighted by Crippen LogP contribution is -2.45. The highest BCUT2D eigenvalue weighted by molar-refractivity contribution is 5.67. The number of rotatable bonds is 3. The summed E-state index contributed by atoms with van der Waals surface area (Å²) in [4.78, 5) is 13.1. The van der Waals surface area contributed by atoms with Crippen LogP contribution in [0.1, 0.15) is 25.7 Å². The minimum Gasteiger partial charge on any atom is -0.496 e. The van der Waals surface area contributed by atoms with Crippen LogP contribution in [0.5, 0.6) is 5.75 Å². The number of nitro groups is 1. The topological polar surface area (TPSA) is 75.8 Å². The van der Waals surface area contributed by atoms with Crippen molar-refractivity contribution in [1.29, 1.82) is 0 Å². The molecule has 2 aliphatic heterocycles. The number of fused-ring (bicyclic) bond motifs is 2. The number of anilines is 1. The van der Waals surface area contributed by atoms with Crippen LogP contribution < -0.4 is 9.64 Å². The molecule has 108 valence electrons. The smallest absolute Gasteiger partial charge is 0.296 e. The lowest BCUT2D eigenvalue weighted by molar-refractivity contribution is -0.384. The van der Waals surface area contributed by atoms with Gasteiger partial charge in [0, 0.05) is 12.1 Å². The first-order valence-corrected chi connectivity index (χ1v) is 6.89. The van der Waals surface area contributed by atoms with Crippen molar-refractivity contribution in [3.8, 4) is 5.75 Å². The molecule has 1 N–H and O–H groups in total. The van der Waals surface area contributed by atoms with Gasteiger partial charge in [-0.25, -0.2) is 0 Å². The molecule has 0 spiro atoms. The minimum atomic E-state index is -0.359. The second-order valence-corrected chi connectivity index (χ2v) is 5.53. The predicted octanol–water partition coefficient (Wildman–Crippen LogP) is 2.10. The van der Waals surface area contributed by atoms with Gasteiger partial charge < -0.3 is 14.7 Å². The van der Waals surface area contributed by atoms with Crippen LogP contribution in [0.25, 0.3) is 0 Å². The summed E-state index contributed by atoms with van der Waals surface area (Å²) in [5.74, 6) is 0.491. The molecule has 2 aliphatic rings. The zero-order valence-electron chi connectivity index (χ0n) is 11.4. The fourth-order valence-corrected chi connectivity index (χ4v) is 3.54. The molecule has 2 atom stereocenters. The fraction of sp³-hybridized carbons (Fsp3) is 0.571. The van der Waals surface area contributed by atoms with E-state index in [1.54, 1.807) is 12.1 Å². The van der Waals surface area contributed by atoms with Gasteiger partial charge in [-0.1, -0.05) is 0 Å². The Morgan fingerprint density at radius 3 is 2.55 bits per heavy atom. The molecule has 2 heterocycles. The van der Waals surface area contributed by atoms with Gasteiger partial charge in [0.15, 0.2) is 0 Å². The third-order valence-electron chi connectivity index (χ3n) is 4.37. The molecule has 2 saturated heterocycles. The van der Waals surface area contributed by atoms with E-state index in [-0.39, 0.29) is 28.8 Å². The molecule has 0 aliphatic carbocycles. The number of methoxy groups -OCH3 is 1. The molecule has 2 unspecified atom stereocenters. The van der Waals surface area contributed by atoms with E-state index in [1.807, 2.05) is 0 Å². The first kappa shape index (κ1) is 13.2. The van der Waals surface area contributed by atoms with E-state index in [9.17, 15) is 15.2 Å². The Bertz CT molecular complexity index is 520. The number of hydrogen-bond acceptors (Lipinski definition) is 5. The van der Waals surface area contributed by atoms with E-state index in [4.69, 9.17) is 4.74 Å². The summed E-state index contributed by atoms with van der Waals surface area (Å²) in [6, 6.07) is 5.40. The normalized spacial score (nSPS) is 28.5. The van der Waals surface area contributed by atoms with Crippen LogP contribution in [0.4, 0.5) is 11.4 Å². The number of benzene rings is 1. The van der Waals surface area contributed by atoms with Gasteiger partial charge in [0.25, 0.3) is 5.69 Å². The van der Waals surface area contributed by atoms with E-state index in [0.717, 1.165) is 12.8 Å². The first-order chi connectivity index (χ1) is 9.60. The van der Waals surface area contributed by atoms with Crippen LogP contribution in [0.2, 0.25) is 0 Å². The SMILES string of the molecule is COc1ccc(N2C3CCC2CC(O)C3)c([N+](=O)[O-])c1. The Morgan fingerprint density at radius 1 is 1.35 bits per heavy atom. The number of hydrogen-bond donors (Lipinski definition) is 1. The third-order valence-corrected chi connectivity index (χ3v) is 4.37. The lowest BCUT2D eigenvalue weighted by atomic mass is 9.98. The molecule has 0 amide bonds. The molecule has 1 aromatic carbocycles. The van der Waals surface area contributed by atoms with Crippen LogP contribution in [-0.4, -0.2) is 35.3 Å². The van der Waals surface area contributed by atoms with Crippen molar-refractivity contribution in [3.63, 3.8) is 0 Å². The zero-order chi connectivity index (χ0) is 14.3. The van der Waals surface area contributed by atoms with Gasteiger partial charge in [-0.05, 0) is 37.8 Å². The largest absolute Gasteiger partial charge is 0.496 e. The van der Waals surface area contributed by atoms with Crippen molar-refractivity contribution in [2.45, 2.75) is 43.9 Å². The molecule has 1 aromatic rings. The number of piperidine rings is 1. The average Bonchev–Trinajstić information content (AvgIpc) is 2.69. The van der Waals surface area contributed by atoms with E-state index in [2.05, 4.69) is 4.90 Å². The van der Waals surface area contributed by atoms with Crippen molar-refractivity contribution in [2.75, 3.05) is 12.0 Å². The second-order valence-electron chi connectivity index (χ2n) is 5.53. The summed E-state index contributed by atoms with van der Waals surface area (Å²) in [7, 11) is 1.50. The molecule has 2 fully saturated rings. The van der Waals surface area contributed by atoms with Crippen molar-refractivity contribution in [2.24, 2.45) is 0 Å². The predicted molar refractivity (Wildman–Crippen MR) is 74.2 cm³/mol. The number of aliphatic hydroxyl groups is 1. The van der Waals surface area contributed by atoms with Crippen LogP contribution in [0.3, 0.4) is 0 Å². The Labute approximate surface area is 117 Å². The molecule has 0 aromatic heterocycles. The molecule has 0 radical (unpaired) electrons. The van der Waals surface area contributed by atoms with Gasteiger partial charge >= 0.3 is 0 Å². The number of aliphatic hydroxyl groups excluding tert-OH is 1. The second kappa shape index (κ2) is 4.94. The first-order valence-electron chi connectivity index (χ1n) is 6.89. The summed E-state index contributed by atoms with van der Waals surface area (Å²) in [6.07, 6.45) is 3.09. The van der Waals surface area contributed by atoms with Crippen molar-refractivity contribution in [1.82, 2.24) is 0 Å². The Morgan fingerprint density at radius 2 is 2.00 bits per heavy atom. The average molecular weight is 278 g/mol. The number of ether oxygens (including phenoxy) is 1. The highest BCUT2D eigenvalue weighted by Crippen LogP contribution is 2.43. The lowest BCUT2D eigenvalue weighted by Gasteiger charge is -2.38. The zero-order valence-corrected chi connectivity index (χ0v) is 11.4. The number of nitro benzene ring substituents is 1. The molecular formula is C14H18N2O4. The quantitative estimate of drug-likeness (QED) is 0.677. The van der Waals surface area contributed by atoms with Crippen molar-refractivity contribution < 1.29 is 14.8 Å². The highest BCUT2D eigenvalue weighted by Gasteiger charge is 2.42. The summed E-state index contributed by atoms with van der Waals surface area (Å²) < 4.78 is 5.07. The van der Waals surface area contributed by atoms with Gasteiger partial charge in [-0.3, -0.25) is 10.1 Å². The molecule has 6 heteroatoms. The van der Waals surface area contributed by atoms with E-state index < -0.39 is 0 Å². The maximum atomic E-state index is 11.3. The minimum absolute atomic E-state index is 0.0811. The summed E-state index contributed by atoms with van der Waals surface area (Å²) in [5, 5.41) is 21.1. The van der Waals surface area contributed by atoms with Gasteiger partial charge in [-0.15, -0.1) is 0 Å². The molecule has 3 rings (SSSR count). The molecular weight excluding hydrogens is 260 g/mol. The maximum absolute atomic E-state index is 11.3. The van der Waals surface area contributed by atoms with E-state index in [1.165, 1.54) is 13.2 Å². The highest BCUT2D eigenvalue weighted by atomic mass is 16.6. The van der Waals surface area contributed by atoms with Crippen LogP contribution in [0.15, 0.2) is 18.2 Å². The van der Waals surface area contributed by atoms with Gasteiger partial charge in [0.1, 0.15) is 11.4 Å². The fourth-order valence-electron chi connectivity index (χ4n) is 3.54. The van der Waals surface area contributed by atoms with E-state index >= 15 is 0 Å². The Balaban J connectivity index is 2.00. The van der Waals surface area contributed by atoms with Gasteiger partial charge in [0.05, 0.1) is 24.2 Å². The molecule has 0 saturated carbocycles. The molecule has 6 nitrogen and oxygen atoms in total.